The maximum Gasteiger partial charge on any atom is 0.204 e. The van der Waals surface area contributed by atoms with Crippen LogP contribution in [0, 0.1) is 0 Å². The van der Waals surface area contributed by atoms with E-state index in [1.165, 1.54) is 29.9 Å². The molecule has 0 radical (unpaired) electrons. The average Bonchev–Trinajstić information content (AvgIpc) is 3.35. The van der Waals surface area contributed by atoms with Gasteiger partial charge in [0.1, 0.15) is 0 Å². The third kappa shape index (κ3) is 3.07. The Labute approximate surface area is 144 Å². The van der Waals surface area contributed by atoms with Crippen molar-refractivity contribution in [3.05, 3.63) is 40.9 Å². The van der Waals surface area contributed by atoms with Gasteiger partial charge in [0.2, 0.25) is 5.82 Å². The molecule has 0 saturated carbocycles. The number of rotatable bonds is 4. The van der Waals surface area contributed by atoms with Crippen molar-refractivity contribution in [1.29, 1.82) is 0 Å². The second-order valence-electron chi connectivity index (χ2n) is 6.17. The largest absolute Gasteiger partial charge is 0.295 e. The zero-order valence-electron chi connectivity index (χ0n) is 13.5. The van der Waals surface area contributed by atoms with Gasteiger partial charge < -0.3 is 0 Å². The number of hydrogen-bond acceptors (Lipinski definition) is 7. The summed E-state index contributed by atoms with van der Waals surface area (Å²) in [4.78, 5) is 2.50. The number of piperidine rings is 1. The first-order chi connectivity index (χ1) is 11.8. The minimum absolute atomic E-state index is 0.352. The van der Waals surface area contributed by atoms with E-state index in [1.54, 1.807) is 0 Å². The first-order valence-corrected chi connectivity index (χ1v) is 8.99. The summed E-state index contributed by atoms with van der Waals surface area (Å²) in [6, 6.07) is 8.90. The van der Waals surface area contributed by atoms with Crippen LogP contribution < -0.4 is 0 Å². The standard InChI is InChI=1S/C16H19N7S/c1-11(15-10-24-22-17-15)23-8-6-13(7-9-23)12-2-4-14(5-3-12)16-18-20-21-19-16/h2-5,10-11,13H,6-9H2,1H3,(H,18,19,20,21). The number of aromatic nitrogens is 6. The molecule has 3 heterocycles. The van der Waals surface area contributed by atoms with Gasteiger partial charge in [-0.05, 0) is 61.1 Å². The molecule has 1 atom stereocenters. The van der Waals surface area contributed by atoms with Gasteiger partial charge >= 0.3 is 0 Å². The quantitative estimate of drug-likeness (QED) is 0.785. The molecule has 1 saturated heterocycles. The molecule has 24 heavy (non-hydrogen) atoms. The maximum absolute atomic E-state index is 4.21. The predicted molar refractivity (Wildman–Crippen MR) is 91.5 cm³/mol. The first-order valence-electron chi connectivity index (χ1n) is 8.16. The lowest BCUT2D eigenvalue weighted by atomic mass is 9.88. The van der Waals surface area contributed by atoms with Gasteiger partial charge in [-0.3, -0.25) is 4.90 Å². The van der Waals surface area contributed by atoms with Gasteiger partial charge in [0.25, 0.3) is 0 Å². The molecule has 7 nitrogen and oxygen atoms in total. The van der Waals surface area contributed by atoms with Crippen LogP contribution in [0.5, 0.6) is 0 Å². The highest BCUT2D eigenvalue weighted by atomic mass is 32.1. The number of hydrogen-bond donors (Lipinski definition) is 1. The van der Waals surface area contributed by atoms with Gasteiger partial charge in [0.05, 0.1) is 11.7 Å². The molecule has 1 aliphatic heterocycles. The molecular formula is C16H19N7S. The molecule has 1 unspecified atom stereocenters. The molecule has 4 rings (SSSR count). The van der Waals surface area contributed by atoms with Gasteiger partial charge in [-0.15, -0.1) is 15.3 Å². The molecule has 1 aromatic carbocycles. The van der Waals surface area contributed by atoms with Crippen molar-refractivity contribution >= 4 is 11.5 Å². The highest BCUT2D eigenvalue weighted by Gasteiger charge is 2.25. The number of tetrazole rings is 1. The van der Waals surface area contributed by atoms with Crippen LogP contribution in [0.1, 0.15) is 43.0 Å². The van der Waals surface area contributed by atoms with Crippen molar-refractivity contribution in [2.24, 2.45) is 0 Å². The Kier molecular flexibility index (Phi) is 4.31. The van der Waals surface area contributed by atoms with Crippen molar-refractivity contribution in [3.63, 3.8) is 0 Å². The Morgan fingerprint density at radius 2 is 1.96 bits per heavy atom. The Bertz CT molecular complexity index is 746. The van der Waals surface area contributed by atoms with Crippen LogP contribution in [-0.4, -0.2) is 48.2 Å². The molecule has 1 fully saturated rings. The fourth-order valence-corrected chi connectivity index (χ4v) is 3.89. The minimum atomic E-state index is 0.352. The lowest BCUT2D eigenvalue weighted by molar-refractivity contribution is 0.159. The molecule has 1 N–H and O–H groups in total. The third-order valence-electron chi connectivity index (χ3n) is 4.87. The number of benzene rings is 1. The van der Waals surface area contributed by atoms with Crippen molar-refractivity contribution in [1.82, 2.24) is 35.1 Å². The SMILES string of the molecule is CC(c1csnn1)N1CCC(c2ccc(-c3nn[nH]n3)cc2)CC1. The van der Waals surface area contributed by atoms with E-state index >= 15 is 0 Å². The summed E-state index contributed by atoms with van der Waals surface area (Å²) in [5, 5.41) is 20.4. The molecule has 0 amide bonds. The summed E-state index contributed by atoms with van der Waals surface area (Å²) >= 11 is 1.42. The highest BCUT2D eigenvalue weighted by molar-refractivity contribution is 7.03. The van der Waals surface area contributed by atoms with Crippen LogP contribution in [-0.2, 0) is 0 Å². The van der Waals surface area contributed by atoms with Crippen molar-refractivity contribution in [2.75, 3.05) is 13.1 Å². The highest BCUT2D eigenvalue weighted by Crippen LogP contribution is 2.32. The third-order valence-corrected chi connectivity index (χ3v) is 5.39. The smallest absolute Gasteiger partial charge is 0.204 e. The Balaban J connectivity index is 1.39. The van der Waals surface area contributed by atoms with Gasteiger partial charge in [-0.1, -0.05) is 28.8 Å². The van der Waals surface area contributed by atoms with Crippen LogP contribution >= 0.6 is 11.5 Å². The zero-order chi connectivity index (χ0) is 16.4. The Morgan fingerprint density at radius 3 is 2.58 bits per heavy atom. The summed E-state index contributed by atoms with van der Waals surface area (Å²) in [6.07, 6.45) is 2.34. The number of H-pyrrole nitrogens is 1. The molecular weight excluding hydrogens is 322 g/mol. The minimum Gasteiger partial charge on any atom is -0.295 e. The maximum atomic E-state index is 4.21. The molecule has 3 aromatic rings. The van der Waals surface area contributed by atoms with Crippen LogP contribution in [0.3, 0.4) is 0 Å². The monoisotopic (exact) mass is 341 g/mol. The first kappa shape index (κ1) is 15.3. The number of nitrogens with one attached hydrogen (secondary N) is 1. The average molecular weight is 341 g/mol. The van der Waals surface area contributed by atoms with Crippen molar-refractivity contribution in [3.8, 4) is 11.4 Å². The predicted octanol–water partition coefficient (Wildman–Crippen LogP) is 2.66. The van der Waals surface area contributed by atoms with E-state index < -0.39 is 0 Å². The summed E-state index contributed by atoms with van der Waals surface area (Å²) in [5.74, 6) is 1.25. The topological polar surface area (TPSA) is 83.5 Å². The van der Waals surface area contributed by atoms with Gasteiger partial charge in [-0.25, -0.2) is 0 Å². The summed E-state index contributed by atoms with van der Waals surface area (Å²) in [6.45, 7) is 4.41. The fraction of sp³-hybridized carbons (Fsp3) is 0.438. The van der Waals surface area contributed by atoms with Gasteiger partial charge in [0.15, 0.2) is 0 Å². The fourth-order valence-electron chi connectivity index (χ4n) is 3.35. The van der Waals surface area contributed by atoms with Crippen molar-refractivity contribution < 1.29 is 0 Å². The summed E-state index contributed by atoms with van der Waals surface area (Å²) in [7, 11) is 0. The number of nitrogens with zero attached hydrogens (tertiary/aromatic N) is 6. The lowest BCUT2D eigenvalue weighted by Crippen LogP contribution is -2.35. The van der Waals surface area contributed by atoms with Gasteiger partial charge in [0, 0.05) is 10.9 Å². The molecule has 0 aliphatic carbocycles. The van der Waals surface area contributed by atoms with Crippen LogP contribution in [0.2, 0.25) is 0 Å². The molecule has 0 spiro atoms. The normalized spacial score (nSPS) is 17.9. The Morgan fingerprint density at radius 1 is 1.17 bits per heavy atom. The van der Waals surface area contributed by atoms with E-state index in [9.17, 15) is 0 Å². The number of likely N-dealkylation sites (tertiary alicyclic amines) is 1. The molecule has 1 aliphatic rings. The van der Waals surface area contributed by atoms with E-state index in [0.717, 1.165) is 24.3 Å². The Hall–Kier alpha value is -2.19. The molecule has 8 heteroatoms. The van der Waals surface area contributed by atoms with E-state index in [-0.39, 0.29) is 0 Å². The van der Waals surface area contributed by atoms with Crippen LogP contribution in [0.4, 0.5) is 0 Å². The second kappa shape index (κ2) is 6.74. The zero-order valence-corrected chi connectivity index (χ0v) is 14.3. The summed E-state index contributed by atoms with van der Waals surface area (Å²) < 4.78 is 3.98. The lowest BCUT2D eigenvalue weighted by Gasteiger charge is -2.35. The van der Waals surface area contributed by atoms with E-state index in [0.29, 0.717) is 17.8 Å². The van der Waals surface area contributed by atoms with Crippen molar-refractivity contribution in [2.45, 2.75) is 31.7 Å². The molecule has 0 bridgehead atoms. The molecule has 124 valence electrons. The van der Waals surface area contributed by atoms with E-state index in [4.69, 9.17) is 0 Å². The second-order valence-corrected chi connectivity index (χ2v) is 6.78. The van der Waals surface area contributed by atoms with E-state index in [2.05, 4.69) is 66.3 Å². The van der Waals surface area contributed by atoms with Crippen LogP contribution in [0.15, 0.2) is 29.6 Å². The number of aromatic amines is 1. The molecule has 2 aromatic heterocycles. The summed E-state index contributed by atoms with van der Waals surface area (Å²) in [5.41, 5.74) is 3.47. The van der Waals surface area contributed by atoms with E-state index in [1.807, 2.05) is 5.38 Å². The van der Waals surface area contributed by atoms with Crippen LogP contribution in [0.25, 0.3) is 11.4 Å². The van der Waals surface area contributed by atoms with Gasteiger partial charge in [-0.2, -0.15) is 5.21 Å².